The maximum absolute atomic E-state index is 4.35. The molecule has 0 N–H and O–H groups in total. The lowest BCUT2D eigenvalue weighted by Gasteiger charge is -2.32. The number of nitrogens with zero attached hydrogens (tertiary/aromatic N) is 4. The molecule has 4 heteroatoms. The van der Waals surface area contributed by atoms with Gasteiger partial charge in [0.15, 0.2) is 0 Å². The van der Waals surface area contributed by atoms with Crippen molar-refractivity contribution in [3.05, 3.63) is 48.0 Å². The first-order valence-electron chi connectivity index (χ1n) is 8.01. The molecule has 0 saturated carbocycles. The van der Waals surface area contributed by atoms with E-state index in [9.17, 15) is 0 Å². The minimum absolute atomic E-state index is 0.539. The van der Waals surface area contributed by atoms with Crippen molar-refractivity contribution in [3.8, 4) is 0 Å². The van der Waals surface area contributed by atoms with Crippen LogP contribution in [0.5, 0.6) is 0 Å². The van der Waals surface area contributed by atoms with Gasteiger partial charge < -0.3 is 9.47 Å². The monoisotopic (exact) mass is 284 g/mol. The molecule has 0 radical (unpaired) electrons. The lowest BCUT2D eigenvalue weighted by atomic mass is 9.96. The molecule has 21 heavy (non-hydrogen) atoms. The third-order valence-electron chi connectivity index (χ3n) is 4.42. The van der Waals surface area contributed by atoms with Gasteiger partial charge in [-0.1, -0.05) is 30.3 Å². The van der Waals surface area contributed by atoms with Gasteiger partial charge in [-0.05, 0) is 38.3 Å². The largest absolute Gasteiger partial charge is 0.318 e. The maximum Gasteiger partial charge on any atom is 0.137 e. The molecule has 2 aromatic rings. The molecule has 1 aliphatic rings. The Hall–Kier alpha value is -1.68. The van der Waals surface area contributed by atoms with Crippen LogP contribution >= 0.6 is 0 Å². The SMILES string of the molecule is CCn1cnnc1C1CCCN(CCc2ccccc2)C1. The van der Waals surface area contributed by atoms with Gasteiger partial charge in [-0.25, -0.2) is 0 Å². The van der Waals surface area contributed by atoms with Gasteiger partial charge in [-0.15, -0.1) is 10.2 Å². The van der Waals surface area contributed by atoms with E-state index in [4.69, 9.17) is 0 Å². The van der Waals surface area contributed by atoms with Crippen LogP contribution in [0.3, 0.4) is 0 Å². The second-order valence-electron chi connectivity index (χ2n) is 5.85. The number of aryl methyl sites for hydroxylation is 1. The van der Waals surface area contributed by atoms with E-state index in [1.807, 2.05) is 6.33 Å². The molecule has 0 bridgehead atoms. The first-order chi connectivity index (χ1) is 10.4. The van der Waals surface area contributed by atoms with Crippen LogP contribution in [-0.4, -0.2) is 39.3 Å². The summed E-state index contributed by atoms with van der Waals surface area (Å²) in [6, 6.07) is 10.8. The Morgan fingerprint density at radius 3 is 2.90 bits per heavy atom. The highest BCUT2D eigenvalue weighted by Gasteiger charge is 2.24. The Bertz CT molecular complexity index is 549. The zero-order chi connectivity index (χ0) is 14.5. The molecule has 2 heterocycles. The van der Waals surface area contributed by atoms with E-state index >= 15 is 0 Å². The number of aromatic nitrogens is 3. The van der Waals surface area contributed by atoms with E-state index in [0.717, 1.165) is 26.1 Å². The van der Waals surface area contributed by atoms with Gasteiger partial charge in [0.25, 0.3) is 0 Å². The number of hydrogen-bond acceptors (Lipinski definition) is 3. The fourth-order valence-electron chi connectivity index (χ4n) is 3.22. The Balaban J connectivity index is 1.58. The molecule has 0 aliphatic carbocycles. The first-order valence-corrected chi connectivity index (χ1v) is 8.01. The van der Waals surface area contributed by atoms with Crippen molar-refractivity contribution >= 4 is 0 Å². The highest BCUT2D eigenvalue weighted by molar-refractivity contribution is 5.15. The molecule has 1 aliphatic heterocycles. The molecule has 1 unspecified atom stereocenters. The van der Waals surface area contributed by atoms with Crippen LogP contribution in [0.15, 0.2) is 36.7 Å². The lowest BCUT2D eigenvalue weighted by Crippen LogP contribution is -2.36. The van der Waals surface area contributed by atoms with Crippen LogP contribution in [-0.2, 0) is 13.0 Å². The number of benzene rings is 1. The Morgan fingerprint density at radius 1 is 1.24 bits per heavy atom. The van der Waals surface area contributed by atoms with Crippen molar-refractivity contribution in [3.63, 3.8) is 0 Å². The van der Waals surface area contributed by atoms with Crippen molar-refractivity contribution in [2.24, 2.45) is 0 Å². The van der Waals surface area contributed by atoms with E-state index in [1.54, 1.807) is 0 Å². The molecule has 4 nitrogen and oxygen atoms in total. The van der Waals surface area contributed by atoms with Gasteiger partial charge in [-0.3, -0.25) is 0 Å². The molecular formula is C17H24N4. The summed E-state index contributed by atoms with van der Waals surface area (Å²) in [6.45, 7) is 6.58. The number of piperidine rings is 1. The van der Waals surface area contributed by atoms with Crippen molar-refractivity contribution < 1.29 is 0 Å². The topological polar surface area (TPSA) is 34.0 Å². The van der Waals surface area contributed by atoms with E-state index in [-0.39, 0.29) is 0 Å². The number of hydrogen-bond donors (Lipinski definition) is 0. The predicted octanol–water partition coefficient (Wildman–Crippen LogP) is 2.72. The van der Waals surface area contributed by atoms with Crippen LogP contribution < -0.4 is 0 Å². The Labute approximate surface area is 126 Å². The normalized spacial score (nSPS) is 19.8. The first kappa shape index (κ1) is 14.3. The Morgan fingerprint density at radius 2 is 2.10 bits per heavy atom. The molecular weight excluding hydrogens is 260 g/mol. The van der Waals surface area contributed by atoms with Crippen molar-refractivity contribution in [1.82, 2.24) is 19.7 Å². The van der Waals surface area contributed by atoms with E-state index in [0.29, 0.717) is 5.92 Å². The predicted molar refractivity (Wildman–Crippen MR) is 84.3 cm³/mol. The third-order valence-corrected chi connectivity index (χ3v) is 4.42. The summed E-state index contributed by atoms with van der Waals surface area (Å²) >= 11 is 0. The Kier molecular flexibility index (Phi) is 4.65. The van der Waals surface area contributed by atoms with Crippen LogP contribution in [0.2, 0.25) is 0 Å². The molecule has 1 aromatic carbocycles. The number of rotatable bonds is 5. The molecule has 112 valence electrons. The number of likely N-dealkylation sites (tertiary alicyclic amines) is 1. The quantitative estimate of drug-likeness (QED) is 0.846. The summed E-state index contributed by atoms with van der Waals surface area (Å²) in [6.07, 6.45) is 5.49. The summed E-state index contributed by atoms with van der Waals surface area (Å²) in [5.74, 6) is 1.71. The average molecular weight is 284 g/mol. The second-order valence-corrected chi connectivity index (χ2v) is 5.85. The zero-order valence-corrected chi connectivity index (χ0v) is 12.8. The highest BCUT2D eigenvalue weighted by atomic mass is 15.3. The molecule has 0 spiro atoms. The van der Waals surface area contributed by atoms with Crippen LogP contribution in [0.25, 0.3) is 0 Å². The van der Waals surface area contributed by atoms with Gasteiger partial charge in [-0.2, -0.15) is 0 Å². The van der Waals surface area contributed by atoms with Gasteiger partial charge in [0, 0.05) is 25.6 Å². The van der Waals surface area contributed by atoms with Gasteiger partial charge in [0.1, 0.15) is 12.2 Å². The van der Waals surface area contributed by atoms with Crippen molar-refractivity contribution in [2.75, 3.05) is 19.6 Å². The van der Waals surface area contributed by atoms with E-state index in [1.165, 1.54) is 30.8 Å². The minimum atomic E-state index is 0.539. The van der Waals surface area contributed by atoms with E-state index in [2.05, 4.69) is 56.9 Å². The average Bonchev–Trinajstić information content (AvgIpc) is 3.03. The van der Waals surface area contributed by atoms with Gasteiger partial charge in [0.2, 0.25) is 0 Å². The van der Waals surface area contributed by atoms with E-state index < -0.39 is 0 Å². The zero-order valence-electron chi connectivity index (χ0n) is 12.8. The second kappa shape index (κ2) is 6.85. The van der Waals surface area contributed by atoms with Crippen molar-refractivity contribution in [1.29, 1.82) is 0 Å². The summed E-state index contributed by atoms with van der Waals surface area (Å²) in [4.78, 5) is 2.58. The fourth-order valence-corrected chi connectivity index (χ4v) is 3.22. The smallest absolute Gasteiger partial charge is 0.137 e. The maximum atomic E-state index is 4.35. The van der Waals surface area contributed by atoms with Gasteiger partial charge in [0.05, 0.1) is 0 Å². The van der Waals surface area contributed by atoms with Gasteiger partial charge >= 0.3 is 0 Å². The van der Waals surface area contributed by atoms with Crippen LogP contribution in [0.1, 0.15) is 37.1 Å². The molecule has 1 saturated heterocycles. The van der Waals surface area contributed by atoms with Crippen LogP contribution in [0, 0.1) is 0 Å². The minimum Gasteiger partial charge on any atom is -0.318 e. The van der Waals surface area contributed by atoms with Crippen molar-refractivity contribution in [2.45, 2.75) is 38.6 Å². The molecule has 1 atom stereocenters. The molecule has 0 amide bonds. The molecule has 3 rings (SSSR count). The summed E-state index contributed by atoms with van der Waals surface area (Å²) in [5.41, 5.74) is 1.43. The standard InChI is InChI=1S/C17H24N4/c1-2-21-14-18-19-17(21)16-9-6-11-20(13-16)12-10-15-7-4-3-5-8-15/h3-5,7-8,14,16H,2,6,9-13H2,1H3. The fraction of sp³-hybridized carbons (Fsp3) is 0.529. The highest BCUT2D eigenvalue weighted by Crippen LogP contribution is 2.25. The summed E-state index contributed by atoms with van der Waals surface area (Å²) in [5, 5.41) is 8.43. The third kappa shape index (κ3) is 3.50. The molecule has 1 aromatic heterocycles. The molecule has 1 fully saturated rings. The summed E-state index contributed by atoms with van der Waals surface area (Å²) < 4.78 is 2.19. The summed E-state index contributed by atoms with van der Waals surface area (Å²) in [7, 11) is 0. The van der Waals surface area contributed by atoms with Crippen LogP contribution in [0.4, 0.5) is 0 Å². The lowest BCUT2D eigenvalue weighted by molar-refractivity contribution is 0.204.